The summed E-state index contributed by atoms with van der Waals surface area (Å²) in [4.78, 5) is 12.5. The van der Waals surface area contributed by atoms with Gasteiger partial charge in [0.1, 0.15) is 6.10 Å². The third kappa shape index (κ3) is 40.5. The maximum absolute atomic E-state index is 12.5. The smallest absolute Gasteiger partial charge is 0.249 e. The van der Waals surface area contributed by atoms with E-state index in [1.807, 2.05) is 6.08 Å². The lowest BCUT2D eigenvalue weighted by molar-refractivity contribution is -0.131. The Hall–Kier alpha value is -1.69. The first-order valence-corrected chi connectivity index (χ1v) is 24.5. The van der Waals surface area contributed by atoms with Crippen molar-refractivity contribution in [2.45, 2.75) is 263 Å². The first-order valence-electron chi connectivity index (χ1n) is 24.5. The fraction of sp³-hybridized carbons (Fsp3) is 0.824. The molecule has 0 aromatic rings. The Balaban J connectivity index is 3.69. The van der Waals surface area contributed by atoms with Crippen LogP contribution in [-0.2, 0) is 4.79 Å². The lowest BCUT2D eigenvalue weighted by Gasteiger charge is -2.21. The van der Waals surface area contributed by atoms with E-state index in [0.29, 0.717) is 6.42 Å². The molecule has 0 aliphatic heterocycles. The summed E-state index contributed by atoms with van der Waals surface area (Å²) < 4.78 is 0. The van der Waals surface area contributed by atoms with Crippen LogP contribution in [0.15, 0.2) is 48.6 Å². The van der Waals surface area contributed by atoms with E-state index in [1.54, 1.807) is 6.08 Å². The Kier molecular flexibility index (Phi) is 44.6. The zero-order chi connectivity index (χ0) is 40.8. The van der Waals surface area contributed by atoms with Gasteiger partial charge in [0.25, 0.3) is 0 Å². The van der Waals surface area contributed by atoms with Gasteiger partial charge in [-0.2, -0.15) is 0 Å². The average Bonchev–Trinajstić information content (AvgIpc) is 3.20. The Morgan fingerprint density at radius 2 is 0.786 bits per heavy atom. The molecular formula is C51H95NO4. The van der Waals surface area contributed by atoms with Gasteiger partial charge in [-0.25, -0.2) is 0 Å². The van der Waals surface area contributed by atoms with Crippen LogP contribution in [0.25, 0.3) is 0 Å². The van der Waals surface area contributed by atoms with Crippen LogP contribution < -0.4 is 5.32 Å². The highest BCUT2D eigenvalue weighted by atomic mass is 16.3. The van der Waals surface area contributed by atoms with Crippen LogP contribution in [0.1, 0.15) is 245 Å². The Morgan fingerprint density at radius 3 is 1.20 bits per heavy atom. The number of aliphatic hydroxyl groups is 3. The summed E-state index contributed by atoms with van der Waals surface area (Å²) in [5.74, 6) is -0.517. The fourth-order valence-electron chi connectivity index (χ4n) is 7.29. The number of aliphatic hydroxyl groups excluding tert-OH is 3. The molecule has 0 saturated carbocycles. The maximum atomic E-state index is 12.5. The van der Waals surface area contributed by atoms with Crippen molar-refractivity contribution in [3.63, 3.8) is 0 Å². The monoisotopic (exact) mass is 786 g/mol. The van der Waals surface area contributed by atoms with E-state index in [4.69, 9.17) is 0 Å². The molecule has 56 heavy (non-hydrogen) atoms. The van der Waals surface area contributed by atoms with Crippen molar-refractivity contribution in [1.29, 1.82) is 0 Å². The van der Waals surface area contributed by atoms with E-state index >= 15 is 0 Å². The molecule has 328 valence electrons. The molecule has 0 saturated heterocycles. The molecule has 1 amide bonds. The van der Waals surface area contributed by atoms with Gasteiger partial charge < -0.3 is 20.6 Å². The molecule has 0 spiro atoms. The molecule has 0 fully saturated rings. The van der Waals surface area contributed by atoms with Crippen molar-refractivity contribution in [3.05, 3.63) is 48.6 Å². The largest absolute Gasteiger partial charge is 0.394 e. The van der Waals surface area contributed by atoms with Crippen molar-refractivity contribution in [3.8, 4) is 0 Å². The molecule has 5 nitrogen and oxygen atoms in total. The summed E-state index contributed by atoms with van der Waals surface area (Å²) >= 11 is 0. The summed E-state index contributed by atoms with van der Waals surface area (Å²) in [7, 11) is 0. The molecule has 3 atom stereocenters. The van der Waals surface area contributed by atoms with E-state index in [-0.39, 0.29) is 6.61 Å². The van der Waals surface area contributed by atoms with Crippen LogP contribution in [0.3, 0.4) is 0 Å². The molecule has 0 aromatic carbocycles. The predicted molar refractivity (Wildman–Crippen MR) is 245 cm³/mol. The van der Waals surface area contributed by atoms with Crippen LogP contribution >= 0.6 is 0 Å². The number of nitrogens with one attached hydrogen (secondary N) is 1. The quantitative estimate of drug-likeness (QED) is 0.0366. The highest BCUT2D eigenvalue weighted by Gasteiger charge is 2.22. The first kappa shape index (κ1) is 54.3. The Labute approximate surface area is 348 Å². The topological polar surface area (TPSA) is 89.8 Å². The lowest BCUT2D eigenvalue weighted by Crippen LogP contribution is -2.48. The van der Waals surface area contributed by atoms with Gasteiger partial charge in [0, 0.05) is 0 Å². The second kappa shape index (κ2) is 46.0. The number of carbonyl (C=O) groups is 1. The van der Waals surface area contributed by atoms with Gasteiger partial charge in [0.2, 0.25) is 5.91 Å². The van der Waals surface area contributed by atoms with Crippen molar-refractivity contribution < 1.29 is 20.1 Å². The van der Waals surface area contributed by atoms with Crippen LogP contribution in [-0.4, -0.2) is 46.1 Å². The van der Waals surface area contributed by atoms with Crippen molar-refractivity contribution in [2.75, 3.05) is 6.61 Å². The number of hydrogen-bond acceptors (Lipinski definition) is 4. The molecule has 0 aromatic heterocycles. The summed E-state index contributed by atoms with van der Waals surface area (Å²) in [6.07, 6.45) is 60.1. The highest BCUT2D eigenvalue weighted by molar-refractivity contribution is 5.80. The molecule has 0 aliphatic rings. The third-order valence-corrected chi connectivity index (χ3v) is 11.1. The van der Waals surface area contributed by atoms with Crippen molar-refractivity contribution in [2.24, 2.45) is 0 Å². The number of carbonyl (C=O) groups excluding carboxylic acids is 1. The molecule has 0 heterocycles. The lowest BCUT2D eigenvalue weighted by atomic mass is 10.0. The predicted octanol–water partition coefficient (Wildman–Crippen LogP) is 14.5. The van der Waals surface area contributed by atoms with Crippen LogP contribution in [0.2, 0.25) is 0 Å². The van der Waals surface area contributed by atoms with E-state index in [2.05, 4.69) is 55.6 Å². The molecule has 0 aliphatic carbocycles. The minimum Gasteiger partial charge on any atom is -0.394 e. The zero-order valence-corrected chi connectivity index (χ0v) is 37.3. The number of rotatable bonds is 44. The second-order valence-corrected chi connectivity index (χ2v) is 16.7. The zero-order valence-electron chi connectivity index (χ0n) is 37.3. The van der Waals surface area contributed by atoms with E-state index < -0.39 is 24.2 Å². The molecule has 3 unspecified atom stereocenters. The molecular weight excluding hydrogens is 691 g/mol. The number of unbranched alkanes of at least 4 members (excludes halogenated alkanes) is 30. The van der Waals surface area contributed by atoms with Crippen LogP contribution in [0, 0.1) is 0 Å². The van der Waals surface area contributed by atoms with Crippen molar-refractivity contribution in [1.82, 2.24) is 5.32 Å². The van der Waals surface area contributed by atoms with E-state index in [9.17, 15) is 20.1 Å². The highest BCUT2D eigenvalue weighted by Crippen LogP contribution is 2.15. The molecule has 0 radical (unpaired) electrons. The number of amides is 1. The van der Waals surface area contributed by atoms with E-state index in [0.717, 1.165) is 44.9 Å². The number of allylic oxidation sites excluding steroid dienone is 7. The first-order chi connectivity index (χ1) is 27.6. The normalized spacial score (nSPS) is 13.9. The third-order valence-electron chi connectivity index (χ3n) is 11.1. The van der Waals surface area contributed by atoms with Gasteiger partial charge in [0.05, 0.1) is 18.8 Å². The maximum Gasteiger partial charge on any atom is 0.249 e. The summed E-state index contributed by atoms with van der Waals surface area (Å²) in [6.45, 7) is 4.18. The van der Waals surface area contributed by atoms with Gasteiger partial charge in [-0.15, -0.1) is 0 Å². The van der Waals surface area contributed by atoms with Gasteiger partial charge in [-0.3, -0.25) is 4.79 Å². The summed E-state index contributed by atoms with van der Waals surface area (Å²) in [5, 5.41) is 33.2. The number of hydrogen-bond donors (Lipinski definition) is 4. The second-order valence-electron chi connectivity index (χ2n) is 16.7. The Bertz CT molecular complexity index is 912. The Morgan fingerprint density at radius 1 is 0.446 bits per heavy atom. The summed E-state index contributed by atoms with van der Waals surface area (Å²) in [6, 6.07) is -0.818. The minimum atomic E-state index is -1.11. The van der Waals surface area contributed by atoms with Gasteiger partial charge in [-0.1, -0.05) is 229 Å². The van der Waals surface area contributed by atoms with E-state index in [1.165, 1.54) is 180 Å². The van der Waals surface area contributed by atoms with Gasteiger partial charge >= 0.3 is 0 Å². The average molecular weight is 786 g/mol. The fourth-order valence-corrected chi connectivity index (χ4v) is 7.29. The summed E-state index contributed by atoms with van der Waals surface area (Å²) in [5.41, 5.74) is 0. The van der Waals surface area contributed by atoms with Gasteiger partial charge in [0.15, 0.2) is 0 Å². The molecule has 0 rings (SSSR count). The van der Waals surface area contributed by atoms with Crippen LogP contribution in [0.5, 0.6) is 0 Å². The van der Waals surface area contributed by atoms with Gasteiger partial charge in [-0.05, 0) is 64.2 Å². The molecule has 0 bridgehead atoms. The molecule has 5 heteroatoms. The minimum absolute atomic E-state index is 0.379. The SMILES string of the molecule is CCCCCCCCCCC/C=C\C/C=C\CCCCCCCCCCC(O)C(=O)NC(CO)C(O)/C=C/CC/C=C/CCCCCCCCCCCCCC. The van der Waals surface area contributed by atoms with Crippen molar-refractivity contribution >= 4 is 5.91 Å². The standard InChI is InChI=1S/C51H95NO4/c1-3-5-7-9-11-13-15-17-19-21-23-24-25-26-27-28-30-32-34-36-38-40-42-44-46-50(55)51(56)52-48(47-53)49(54)45-43-41-39-37-35-33-31-29-22-20-18-16-14-12-10-8-6-4-2/h23-24,26-27,35,37,43,45,48-50,53-55H,3-22,25,28-34,36,38-42,44,46-47H2,1-2H3,(H,52,56)/b24-23-,27-26-,37-35+,45-43+. The van der Waals surface area contributed by atoms with Crippen LogP contribution in [0.4, 0.5) is 0 Å². The molecule has 4 N–H and O–H groups in total.